The van der Waals surface area contributed by atoms with E-state index >= 15 is 0 Å². The Labute approximate surface area is 96.6 Å². The summed E-state index contributed by atoms with van der Waals surface area (Å²) in [6.07, 6.45) is 0.0346. The fourth-order valence-electron chi connectivity index (χ4n) is 2.33. The van der Waals surface area contributed by atoms with E-state index in [2.05, 4.69) is 33.0 Å². The molecule has 4 heteroatoms. The molecule has 1 saturated heterocycles. The first kappa shape index (κ1) is 11.5. The first-order valence-corrected chi connectivity index (χ1v) is 5.91. The number of hydrogen-bond acceptors (Lipinski definition) is 3. The zero-order chi connectivity index (χ0) is 11.9. The maximum Gasteiger partial charge on any atom is 0.255 e. The highest BCUT2D eigenvalue weighted by Gasteiger charge is 2.38. The number of allylic oxidation sites excluding steroid dienone is 1. The molecule has 0 spiro atoms. The van der Waals surface area contributed by atoms with Crippen LogP contribution >= 0.6 is 0 Å². The summed E-state index contributed by atoms with van der Waals surface area (Å²) in [6, 6.07) is 0. The minimum Gasteiger partial charge on any atom is -0.366 e. The van der Waals surface area contributed by atoms with Crippen LogP contribution in [-0.4, -0.2) is 30.3 Å². The quantitative estimate of drug-likeness (QED) is 0.768. The van der Waals surface area contributed by atoms with Gasteiger partial charge in [0.1, 0.15) is 12.9 Å². The molecule has 0 bridgehead atoms. The molecule has 1 fully saturated rings. The Balaban J connectivity index is 2.38. The van der Waals surface area contributed by atoms with Crippen molar-refractivity contribution in [3.05, 3.63) is 11.3 Å². The summed E-state index contributed by atoms with van der Waals surface area (Å²) in [7, 11) is 0. The first-order valence-electron chi connectivity index (χ1n) is 5.91. The van der Waals surface area contributed by atoms with Gasteiger partial charge in [0, 0.05) is 11.3 Å². The fraction of sp³-hybridized carbons (Fsp3) is 0.750. The maximum atomic E-state index is 12.3. The Hall–Kier alpha value is -1.03. The molecule has 0 saturated carbocycles. The number of fused-ring (bicyclic) bond motifs is 1. The third-order valence-corrected chi connectivity index (χ3v) is 3.14. The van der Waals surface area contributed by atoms with Crippen LogP contribution in [0.5, 0.6) is 0 Å². The molecule has 1 N–H and O–H groups in total. The topological polar surface area (TPSA) is 41.6 Å². The molecule has 16 heavy (non-hydrogen) atoms. The third-order valence-electron chi connectivity index (χ3n) is 3.14. The molecule has 1 amide bonds. The molecule has 0 aromatic carbocycles. The summed E-state index contributed by atoms with van der Waals surface area (Å²) in [5, 5.41) is 3.44. The van der Waals surface area contributed by atoms with Crippen molar-refractivity contribution in [2.75, 3.05) is 13.3 Å². The van der Waals surface area contributed by atoms with Gasteiger partial charge in [-0.15, -0.1) is 0 Å². The van der Waals surface area contributed by atoms with Gasteiger partial charge in [0.05, 0.1) is 6.61 Å². The third kappa shape index (κ3) is 1.71. The fourth-order valence-corrected chi connectivity index (χ4v) is 2.33. The van der Waals surface area contributed by atoms with Crippen LogP contribution in [0.3, 0.4) is 0 Å². The highest BCUT2D eigenvalue weighted by molar-refractivity contribution is 5.95. The van der Waals surface area contributed by atoms with E-state index < -0.39 is 0 Å². The summed E-state index contributed by atoms with van der Waals surface area (Å²) >= 11 is 0. The van der Waals surface area contributed by atoms with Crippen LogP contribution in [0.2, 0.25) is 0 Å². The summed E-state index contributed by atoms with van der Waals surface area (Å²) in [5.41, 5.74) is 2.00. The molecule has 2 aliphatic rings. The highest BCUT2D eigenvalue weighted by atomic mass is 16.5. The van der Waals surface area contributed by atoms with Gasteiger partial charge in [-0.05, 0) is 11.8 Å². The van der Waals surface area contributed by atoms with Crippen molar-refractivity contribution in [2.45, 2.75) is 33.9 Å². The van der Waals surface area contributed by atoms with Crippen molar-refractivity contribution in [1.82, 2.24) is 10.2 Å². The molecular formula is C12H20N2O2. The summed E-state index contributed by atoms with van der Waals surface area (Å²) in [6.45, 7) is 9.36. The molecular weight excluding hydrogens is 204 g/mol. The van der Waals surface area contributed by atoms with E-state index in [9.17, 15) is 4.79 Å². The molecule has 1 unspecified atom stereocenters. The van der Waals surface area contributed by atoms with Crippen LogP contribution in [0.25, 0.3) is 0 Å². The van der Waals surface area contributed by atoms with Gasteiger partial charge in [-0.3, -0.25) is 9.69 Å². The smallest absolute Gasteiger partial charge is 0.255 e. The largest absolute Gasteiger partial charge is 0.366 e. The number of carbonyl (C=O) groups is 1. The molecule has 0 radical (unpaired) electrons. The predicted molar refractivity (Wildman–Crippen MR) is 61.3 cm³/mol. The van der Waals surface area contributed by atoms with Gasteiger partial charge in [-0.25, -0.2) is 0 Å². The van der Waals surface area contributed by atoms with E-state index in [1.165, 1.54) is 0 Å². The van der Waals surface area contributed by atoms with Gasteiger partial charge < -0.3 is 10.1 Å². The normalized spacial score (nSPS) is 25.5. The van der Waals surface area contributed by atoms with Gasteiger partial charge in [-0.2, -0.15) is 0 Å². The Kier molecular flexibility index (Phi) is 2.93. The minimum atomic E-state index is 0.0346. The monoisotopic (exact) mass is 224 g/mol. The number of nitrogens with zero attached hydrogens (tertiary/aromatic N) is 1. The van der Waals surface area contributed by atoms with Crippen LogP contribution in [0.1, 0.15) is 27.7 Å². The second-order valence-electron chi connectivity index (χ2n) is 5.07. The van der Waals surface area contributed by atoms with E-state index in [1.807, 2.05) is 0 Å². The number of nitrogens with one attached hydrogen (secondary N) is 1. The summed E-state index contributed by atoms with van der Waals surface area (Å²) < 4.78 is 5.33. The standard InChI is InChI=1S/C12H20N2O2/c1-7(2)10-11(8(3)4)13-9-5-16-6-14(9)12(10)15/h7-9,13H,5-6H2,1-4H3. The van der Waals surface area contributed by atoms with Crippen molar-refractivity contribution in [3.8, 4) is 0 Å². The van der Waals surface area contributed by atoms with Gasteiger partial charge in [-0.1, -0.05) is 27.7 Å². The number of hydrogen-bond donors (Lipinski definition) is 1. The van der Waals surface area contributed by atoms with E-state index in [0.29, 0.717) is 19.3 Å². The van der Waals surface area contributed by atoms with Crippen LogP contribution in [0, 0.1) is 11.8 Å². The second kappa shape index (κ2) is 4.09. The SMILES string of the molecule is CC(C)C1=C(C(C)C)C(=O)N2COCC2N1. The van der Waals surface area contributed by atoms with Gasteiger partial charge >= 0.3 is 0 Å². The Morgan fingerprint density at radius 1 is 1.31 bits per heavy atom. The van der Waals surface area contributed by atoms with Crippen LogP contribution in [0.4, 0.5) is 0 Å². The first-order chi connectivity index (χ1) is 7.52. The number of amides is 1. The summed E-state index contributed by atoms with van der Waals surface area (Å²) in [4.78, 5) is 14.1. The Morgan fingerprint density at radius 3 is 2.56 bits per heavy atom. The average Bonchev–Trinajstić information content (AvgIpc) is 2.64. The van der Waals surface area contributed by atoms with Crippen molar-refractivity contribution < 1.29 is 9.53 Å². The van der Waals surface area contributed by atoms with Crippen molar-refractivity contribution in [1.29, 1.82) is 0 Å². The predicted octanol–water partition coefficient (Wildman–Crippen LogP) is 1.30. The average molecular weight is 224 g/mol. The van der Waals surface area contributed by atoms with Crippen LogP contribution in [0.15, 0.2) is 11.3 Å². The lowest BCUT2D eigenvalue weighted by Gasteiger charge is -2.35. The van der Waals surface area contributed by atoms with E-state index in [4.69, 9.17) is 4.74 Å². The number of rotatable bonds is 2. The number of ether oxygens (including phenoxy) is 1. The van der Waals surface area contributed by atoms with Crippen molar-refractivity contribution in [2.24, 2.45) is 11.8 Å². The van der Waals surface area contributed by atoms with Crippen LogP contribution < -0.4 is 5.32 Å². The Morgan fingerprint density at radius 2 is 2.00 bits per heavy atom. The lowest BCUT2D eigenvalue weighted by atomic mass is 9.92. The highest BCUT2D eigenvalue weighted by Crippen LogP contribution is 2.28. The molecule has 2 aliphatic heterocycles. The molecule has 1 atom stereocenters. The number of carbonyl (C=O) groups excluding carboxylic acids is 1. The molecule has 90 valence electrons. The molecule has 0 aromatic heterocycles. The molecule has 4 nitrogen and oxygen atoms in total. The van der Waals surface area contributed by atoms with Gasteiger partial charge in [0.15, 0.2) is 0 Å². The Bertz CT molecular complexity index is 334. The van der Waals surface area contributed by atoms with E-state index in [0.717, 1.165) is 11.3 Å². The lowest BCUT2D eigenvalue weighted by Crippen LogP contribution is -2.52. The molecule has 0 aromatic rings. The second-order valence-corrected chi connectivity index (χ2v) is 5.07. The minimum absolute atomic E-state index is 0.0346. The van der Waals surface area contributed by atoms with Gasteiger partial charge in [0.2, 0.25) is 0 Å². The summed E-state index contributed by atoms with van der Waals surface area (Å²) in [5.74, 6) is 0.739. The lowest BCUT2D eigenvalue weighted by molar-refractivity contribution is -0.131. The zero-order valence-electron chi connectivity index (χ0n) is 10.4. The maximum absolute atomic E-state index is 12.3. The van der Waals surface area contributed by atoms with Crippen molar-refractivity contribution in [3.63, 3.8) is 0 Å². The van der Waals surface area contributed by atoms with E-state index in [1.54, 1.807) is 4.90 Å². The van der Waals surface area contributed by atoms with Crippen molar-refractivity contribution >= 4 is 5.91 Å². The zero-order valence-corrected chi connectivity index (χ0v) is 10.4. The molecule has 0 aliphatic carbocycles. The van der Waals surface area contributed by atoms with Gasteiger partial charge in [0.25, 0.3) is 5.91 Å². The van der Waals surface area contributed by atoms with E-state index in [-0.39, 0.29) is 18.0 Å². The van der Waals surface area contributed by atoms with Crippen LogP contribution in [-0.2, 0) is 9.53 Å². The molecule has 2 rings (SSSR count). The molecule has 2 heterocycles.